The zero-order chi connectivity index (χ0) is 22.0. The van der Waals surface area contributed by atoms with Crippen molar-refractivity contribution in [1.29, 1.82) is 0 Å². The van der Waals surface area contributed by atoms with Crippen LogP contribution in [0.5, 0.6) is 0 Å². The van der Waals surface area contributed by atoms with Crippen LogP contribution in [0.25, 0.3) is 5.69 Å². The number of hydrogen-bond donors (Lipinski definition) is 1. The van der Waals surface area contributed by atoms with E-state index in [4.69, 9.17) is 21.7 Å². The van der Waals surface area contributed by atoms with Crippen molar-refractivity contribution in [2.75, 3.05) is 13.1 Å². The summed E-state index contributed by atoms with van der Waals surface area (Å²) in [5.74, 6) is 0.839. The van der Waals surface area contributed by atoms with E-state index in [1.807, 2.05) is 0 Å². The van der Waals surface area contributed by atoms with Crippen molar-refractivity contribution in [2.24, 2.45) is 5.14 Å². The molecule has 10 heteroatoms. The summed E-state index contributed by atoms with van der Waals surface area (Å²) in [6, 6.07) is 10.3. The molecule has 0 aliphatic carbocycles. The third-order valence-electron chi connectivity index (χ3n) is 5.00. The third-order valence-corrected chi connectivity index (χ3v) is 6.28. The van der Waals surface area contributed by atoms with Gasteiger partial charge in [0.15, 0.2) is 5.82 Å². The van der Waals surface area contributed by atoms with Gasteiger partial charge < -0.3 is 0 Å². The third kappa shape index (κ3) is 5.19. The van der Waals surface area contributed by atoms with Crippen molar-refractivity contribution in [3.8, 4) is 5.69 Å². The summed E-state index contributed by atoms with van der Waals surface area (Å²) in [5, 5.41) is 10.2. The highest BCUT2D eigenvalue weighted by molar-refractivity contribution is 7.89. The summed E-state index contributed by atoms with van der Waals surface area (Å²) in [6.07, 6.45) is 5.58. The smallest absolute Gasteiger partial charge is 0.238 e. The lowest BCUT2D eigenvalue weighted by Crippen LogP contribution is -2.27. The van der Waals surface area contributed by atoms with Crippen LogP contribution in [0, 0.1) is 5.82 Å². The van der Waals surface area contributed by atoms with Crippen LogP contribution in [0.4, 0.5) is 4.39 Å². The van der Waals surface area contributed by atoms with Crippen molar-refractivity contribution in [3.63, 3.8) is 0 Å². The largest absolute Gasteiger partial charge is 0.292 e. The number of hydrogen-bond acceptors (Lipinski definition) is 5. The van der Waals surface area contributed by atoms with E-state index < -0.39 is 15.8 Å². The van der Waals surface area contributed by atoms with Crippen molar-refractivity contribution < 1.29 is 12.8 Å². The Morgan fingerprint density at radius 2 is 1.90 bits per heavy atom. The van der Waals surface area contributed by atoms with Gasteiger partial charge in [0.1, 0.15) is 11.6 Å². The first-order valence-electron chi connectivity index (χ1n) is 9.69. The molecule has 7 nitrogen and oxygen atoms in total. The van der Waals surface area contributed by atoms with Crippen LogP contribution in [0.15, 0.2) is 59.5 Å². The molecule has 2 heterocycles. The second kappa shape index (κ2) is 8.88. The first-order valence-corrected chi connectivity index (χ1v) is 11.6. The second-order valence-electron chi connectivity index (χ2n) is 7.30. The van der Waals surface area contributed by atoms with Gasteiger partial charge in [-0.15, -0.1) is 5.10 Å². The molecule has 1 aromatic heterocycles. The molecule has 0 bridgehead atoms. The van der Waals surface area contributed by atoms with E-state index in [-0.39, 0.29) is 4.90 Å². The molecule has 0 radical (unpaired) electrons. The molecule has 0 atom stereocenters. The highest BCUT2D eigenvalue weighted by Crippen LogP contribution is 2.22. The number of aromatic nitrogens is 3. The van der Waals surface area contributed by atoms with Crippen molar-refractivity contribution in [1.82, 2.24) is 19.7 Å². The quantitative estimate of drug-likeness (QED) is 0.569. The highest BCUT2D eigenvalue weighted by atomic mass is 35.5. The Hall–Kier alpha value is -2.59. The monoisotopic (exact) mass is 461 g/mol. The Morgan fingerprint density at radius 1 is 1.13 bits per heavy atom. The van der Waals surface area contributed by atoms with Gasteiger partial charge in [0, 0.05) is 24.5 Å². The molecule has 1 aliphatic heterocycles. The van der Waals surface area contributed by atoms with Gasteiger partial charge in [-0.2, -0.15) is 0 Å². The van der Waals surface area contributed by atoms with Crippen LogP contribution in [0.3, 0.4) is 0 Å². The molecule has 3 aromatic rings. The summed E-state index contributed by atoms with van der Waals surface area (Å²) in [6.45, 7) is 2.33. The molecule has 162 valence electrons. The molecular formula is C21H21ClFN5O2S. The number of rotatable bonds is 6. The van der Waals surface area contributed by atoms with Crippen LogP contribution < -0.4 is 5.14 Å². The Labute approximate surface area is 185 Å². The van der Waals surface area contributed by atoms with Gasteiger partial charge in [-0.25, -0.2) is 27.6 Å². The number of nitrogens with two attached hydrogens (primary N) is 1. The van der Waals surface area contributed by atoms with E-state index in [1.54, 1.807) is 22.9 Å². The minimum Gasteiger partial charge on any atom is -0.292 e. The van der Waals surface area contributed by atoms with E-state index in [0.717, 1.165) is 19.5 Å². The fraction of sp³-hybridized carbons (Fsp3) is 0.238. The average Bonchev–Trinajstić information content (AvgIpc) is 3.12. The molecule has 0 saturated carbocycles. The van der Waals surface area contributed by atoms with Gasteiger partial charge >= 0.3 is 0 Å². The van der Waals surface area contributed by atoms with Gasteiger partial charge in [-0.3, -0.25) is 4.90 Å². The number of nitrogens with zero attached hydrogens (tertiary/aromatic N) is 4. The van der Waals surface area contributed by atoms with Crippen molar-refractivity contribution >= 4 is 21.6 Å². The number of primary sulfonamides is 1. The molecule has 1 aliphatic rings. The van der Waals surface area contributed by atoms with Gasteiger partial charge in [0.25, 0.3) is 0 Å². The zero-order valence-electron chi connectivity index (χ0n) is 16.6. The highest BCUT2D eigenvalue weighted by Gasteiger charge is 2.17. The fourth-order valence-corrected chi connectivity index (χ4v) is 4.18. The molecule has 2 N–H and O–H groups in total. The first-order chi connectivity index (χ1) is 14.8. The predicted octanol–water partition coefficient (Wildman–Crippen LogP) is 3.06. The molecule has 31 heavy (non-hydrogen) atoms. The maximum absolute atomic E-state index is 13.4. The second-order valence-corrected chi connectivity index (χ2v) is 9.27. The summed E-state index contributed by atoms with van der Waals surface area (Å²) in [4.78, 5) is 6.95. The summed E-state index contributed by atoms with van der Waals surface area (Å²) < 4.78 is 38.2. The van der Waals surface area contributed by atoms with E-state index in [0.29, 0.717) is 40.9 Å². The summed E-state index contributed by atoms with van der Waals surface area (Å²) in [5.41, 5.74) is 1.35. The lowest BCUT2D eigenvalue weighted by molar-refractivity contribution is 0.283. The maximum atomic E-state index is 13.4. The molecule has 0 amide bonds. The Kier molecular flexibility index (Phi) is 6.19. The minimum atomic E-state index is -3.80. The van der Waals surface area contributed by atoms with E-state index in [9.17, 15) is 12.8 Å². The Bertz CT molecular complexity index is 1230. The maximum Gasteiger partial charge on any atom is 0.238 e. The van der Waals surface area contributed by atoms with E-state index in [2.05, 4.69) is 22.2 Å². The molecule has 2 aromatic carbocycles. The molecular weight excluding hydrogens is 441 g/mol. The minimum absolute atomic E-state index is 0.0137. The zero-order valence-corrected chi connectivity index (χ0v) is 18.2. The van der Waals surface area contributed by atoms with Crippen LogP contribution in [-0.2, 0) is 23.0 Å². The van der Waals surface area contributed by atoms with E-state index in [1.165, 1.54) is 24.3 Å². The van der Waals surface area contributed by atoms with Crippen LogP contribution in [0.2, 0.25) is 5.02 Å². The average molecular weight is 462 g/mol. The Morgan fingerprint density at radius 3 is 2.55 bits per heavy atom. The summed E-state index contributed by atoms with van der Waals surface area (Å²) >= 11 is 6.22. The van der Waals surface area contributed by atoms with Crippen molar-refractivity contribution in [2.45, 2.75) is 24.3 Å². The van der Waals surface area contributed by atoms with Crippen LogP contribution >= 0.6 is 11.6 Å². The fourth-order valence-electron chi connectivity index (χ4n) is 3.43. The molecule has 0 fully saturated rings. The summed E-state index contributed by atoms with van der Waals surface area (Å²) in [7, 11) is -3.80. The van der Waals surface area contributed by atoms with Gasteiger partial charge in [-0.1, -0.05) is 29.8 Å². The number of sulfonamides is 1. The molecule has 0 spiro atoms. The molecule has 4 rings (SSSR count). The lowest BCUT2D eigenvalue weighted by Gasteiger charge is -2.20. The SMILES string of the molecule is NS(=O)(=O)c1ccc(-n2nc(CN3CC=CCC3)nc2Cc2ccc(F)cc2Cl)cc1. The normalized spacial score (nSPS) is 14.8. The van der Waals surface area contributed by atoms with Gasteiger partial charge in [0.2, 0.25) is 10.0 Å². The Balaban J connectivity index is 1.69. The topological polar surface area (TPSA) is 94.1 Å². The van der Waals surface area contributed by atoms with Gasteiger partial charge in [-0.05, 0) is 48.4 Å². The van der Waals surface area contributed by atoms with Crippen LogP contribution in [-0.4, -0.2) is 41.2 Å². The number of benzene rings is 2. The number of halogens is 2. The molecule has 0 unspecified atom stereocenters. The van der Waals surface area contributed by atoms with Crippen LogP contribution in [0.1, 0.15) is 23.6 Å². The van der Waals surface area contributed by atoms with Crippen molar-refractivity contribution in [3.05, 3.63) is 82.7 Å². The van der Waals surface area contributed by atoms with Gasteiger partial charge in [0.05, 0.1) is 17.1 Å². The molecule has 0 saturated heterocycles. The van der Waals surface area contributed by atoms with E-state index >= 15 is 0 Å². The first kappa shape index (κ1) is 21.6. The standard InChI is InChI=1S/C21H21ClFN5O2S/c22-19-13-16(23)5-4-15(19)12-21-25-20(14-27-10-2-1-3-11-27)26-28(21)17-6-8-18(9-7-17)31(24,29)30/h1-2,4-9,13H,3,10-12,14H2,(H2,24,29,30). The predicted molar refractivity (Wildman–Crippen MR) is 116 cm³/mol. The lowest BCUT2D eigenvalue weighted by atomic mass is 10.1.